The van der Waals surface area contributed by atoms with E-state index < -0.39 is 17.6 Å². The molecule has 0 saturated carbocycles. The molecule has 1 amide bonds. The van der Waals surface area contributed by atoms with Crippen molar-refractivity contribution in [2.75, 3.05) is 5.32 Å². The summed E-state index contributed by atoms with van der Waals surface area (Å²) >= 11 is 0. The van der Waals surface area contributed by atoms with Crippen LogP contribution in [0.25, 0.3) is 16.6 Å². The maximum Gasteiger partial charge on any atom is 0.416 e. The van der Waals surface area contributed by atoms with Crippen LogP contribution >= 0.6 is 0 Å². The first-order valence-electron chi connectivity index (χ1n) is 9.73. The van der Waals surface area contributed by atoms with Gasteiger partial charge in [0.1, 0.15) is 5.82 Å². The molecule has 0 spiro atoms. The summed E-state index contributed by atoms with van der Waals surface area (Å²) in [7, 11) is 0. The smallest absolute Gasteiger partial charge is 0.322 e. The first-order valence-corrected chi connectivity index (χ1v) is 9.73. The van der Waals surface area contributed by atoms with E-state index in [1.165, 1.54) is 4.57 Å². The van der Waals surface area contributed by atoms with Gasteiger partial charge >= 0.3 is 6.18 Å². The lowest BCUT2D eigenvalue weighted by molar-refractivity contribution is -0.137. The molecule has 0 aliphatic carbocycles. The van der Waals surface area contributed by atoms with Gasteiger partial charge in [-0.1, -0.05) is 12.1 Å². The van der Waals surface area contributed by atoms with Gasteiger partial charge < -0.3 is 5.32 Å². The quantitative estimate of drug-likeness (QED) is 0.475. The summed E-state index contributed by atoms with van der Waals surface area (Å²) in [5, 5.41) is 3.19. The monoisotopic (exact) mass is 437 g/mol. The van der Waals surface area contributed by atoms with Crippen LogP contribution in [0.15, 0.2) is 71.5 Å². The highest BCUT2D eigenvalue weighted by molar-refractivity contribution is 6.04. The maximum absolute atomic E-state index is 13.0. The topological polar surface area (TPSA) is 64.0 Å². The third kappa shape index (κ3) is 3.99. The second kappa shape index (κ2) is 7.96. The van der Waals surface area contributed by atoms with Crippen LogP contribution in [0.1, 0.15) is 27.3 Å². The first kappa shape index (κ1) is 21.3. The zero-order valence-corrected chi connectivity index (χ0v) is 17.2. The number of benzene rings is 3. The normalized spacial score (nSPS) is 11.5. The molecule has 4 rings (SSSR count). The van der Waals surface area contributed by atoms with Gasteiger partial charge in [-0.2, -0.15) is 13.2 Å². The fraction of sp³-hybridized carbons (Fsp3) is 0.125. The zero-order valence-electron chi connectivity index (χ0n) is 17.2. The minimum Gasteiger partial charge on any atom is -0.322 e. The number of hydrogen-bond acceptors (Lipinski definition) is 3. The van der Waals surface area contributed by atoms with Crippen LogP contribution in [-0.2, 0) is 6.18 Å². The number of hydrogen-bond donors (Lipinski definition) is 1. The number of alkyl halides is 3. The number of fused-ring (bicyclic) bond motifs is 1. The summed E-state index contributed by atoms with van der Waals surface area (Å²) in [6, 6.07) is 16.1. The molecule has 8 heteroatoms. The fourth-order valence-electron chi connectivity index (χ4n) is 3.48. The van der Waals surface area contributed by atoms with Crippen LogP contribution in [-0.4, -0.2) is 15.5 Å². The molecular formula is C24H18F3N3O2. The second-order valence-corrected chi connectivity index (χ2v) is 7.35. The van der Waals surface area contributed by atoms with Crippen molar-refractivity contribution in [3.05, 3.63) is 99.6 Å². The lowest BCUT2D eigenvalue weighted by Crippen LogP contribution is -2.22. The van der Waals surface area contributed by atoms with Crippen LogP contribution in [0.5, 0.6) is 0 Å². The van der Waals surface area contributed by atoms with E-state index in [2.05, 4.69) is 10.3 Å². The predicted molar refractivity (Wildman–Crippen MR) is 116 cm³/mol. The van der Waals surface area contributed by atoms with Crippen molar-refractivity contribution in [2.45, 2.75) is 20.0 Å². The summed E-state index contributed by atoms with van der Waals surface area (Å²) in [5.41, 5.74) is 1.46. The number of para-hydroxylation sites is 1. The third-order valence-corrected chi connectivity index (χ3v) is 5.13. The Balaban J connectivity index is 1.63. The van der Waals surface area contributed by atoms with Crippen LogP contribution in [0.4, 0.5) is 18.9 Å². The lowest BCUT2D eigenvalue weighted by atomic mass is 10.1. The first-order chi connectivity index (χ1) is 15.1. The Kier molecular flexibility index (Phi) is 5.30. The molecule has 0 unspecified atom stereocenters. The Morgan fingerprint density at radius 2 is 1.66 bits per heavy atom. The van der Waals surface area contributed by atoms with E-state index in [4.69, 9.17) is 0 Å². The van der Waals surface area contributed by atoms with Gasteiger partial charge in [0.15, 0.2) is 0 Å². The number of halogens is 3. The molecule has 3 aromatic carbocycles. The zero-order chi connectivity index (χ0) is 23.0. The maximum atomic E-state index is 13.0. The summed E-state index contributed by atoms with van der Waals surface area (Å²) in [6.07, 6.45) is -4.46. The van der Waals surface area contributed by atoms with Crippen LogP contribution in [0.3, 0.4) is 0 Å². The van der Waals surface area contributed by atoms with Crippen LogP contribution in [0, 0.1) is 13.8 Å². The molecule has 5 nitrogen and oxygen atoms in total. The summed E-state index contributed by atoms with van der Waals surface area (Å²) in [5.74, 6) is -0.00932. The minimum atomic E-state index is -4.46. The van der Waals surface area contributed by atoms with Crippen LogP contribution in [0.2, 0.25) is 0 Å². The van der Waals surface area contributed by atoms with Crippen molar-refractivity contribution in [1.82, 2.24) is 9.55 Å². The van der Waals surface area contributed by atoms with Crippen molar-refractivity contribution >= 4 is 22.5 Å². The minimum absolute atomic E-state index is 0.104. The number of nitrogens with one attached hydrogen (secondary N) is 1. The summed E-state index contributed by atoms with van der Waals surface area (Å²) in [6.45, 7) is 3.50. The SMILES string of the molecule is Cc1cc(-n2c(C)nc3ccccc3c2=O)ccc1NC(=O)c1ccc(C(F)(F)F)cc1. The highest BCUT2D eigenvalue weighted by Crippen LogP contribution is 2.29. The van der Waals surface area contributed by atoms with Crippen molar-refractivity contribution in [1.29, 1.82) is 0 Å². The number of amides is 1. The van der Waals surface area contributed by atoms with E-state index in [1.807, 2.05) is 6.07 Å². The van der Waals surface area contributed by atoms with E-state index in [0.29, 0.717) is 33.7 Å². The Labute approximate surface area is 181 Å². The van der Waals surface area contributed by atoms with Crippen molar-refractivity contribution < 1.29 is 18.0 Å². The molecule has 1 aromatic heterocycles. The van der Waals surface area contributed by atoms with Crippen molar-refractivity contribution in [3.63, 3.8) is 0 Å². The number of aromatic nitrogens is 2. The highest BCUT2D eigenvalue weighted by atomic mass is 19.4. The van der Waals surface area contributed by atoms with E-state index in [1.54, 1.807) is 50.2 Å². The van der Waals surface area contributed by atoms with Crippen molar-refractivity contribution in [2.24, 2.45) is 0 Å². The number of carbonyl (C=O) groups is 1. The molecule has 32 heavy (non-hydrogen) atoms. The van der Waals surface area contributed by atoms with Gasteiger partial charge in [0.2, 0.25) is 0 Å². The molecule has 162 valence electrons. The Bertz CT molecular complexity index is 1390. The Hall–Kier alpha value is -3.94. The molecule has 0 fully saturated rings. The Morgan fingerprint density at radius 1 is 0.969 bits per heavy atom. The molecule has 0 saturated heterocycles. The van der Waals surface area contributed by atoms with Gasteiger partial charge in [-0.15, -0.1) is 0 Å². The number of anilines is 1. The van der Waals surface area contributed by atoms with E-state index in [-0.39, 0.29) is 11.1 Å². The van der Waals surface area contributed by atoms with E-state index in [9.17, 15) is 22.8 Å². The molecule has 1 heterocycles. The molecule has 0 aliphatic rings. The summed E-state index contributed by atoms with van der Waals surface area (Å²) < 4.78 is 39.6. The number of aryl methyl sites for hydroxylation is 2. The van der Waals surface area contributed by atoms with E-state index in [0.717, 1.165) is 24.3 Å². The van der Waals surface area contributed by atoms with Crippen molar-refractivity contribution in [3.8, 4) is 5.69 Å². The predicted octanol–water partition coefficient (Wildman–Crippen LogP) is 5.27. The fourth-order valence-corrected chi connectivity index (χ4v) is 3.48. The Morgan fingerprint density at radius 3 is 2.31 bits per heavy atom. The molecule has 0 aliphatic heterocycles. The number of carbonyl (C=O) groups excluding carboxylic acids is 1. The molecule has 1 N–H and O–H groups in total. The van der Waals surface area contributed by atoms with Crippen LogP contribution < -0.4 is 10.9 Å². The summed E-state index contributed by atoms with van der Waals surface area (Å²) in [4.78, 5) is 29.9. The van der Waals surface area contributed by atoms with Gasteiger partial charge in [0, 0.05) is 11.3 Å². The van der Waals surface area contributed by atoms with Gasteiger partial charge in [-0.25, -0.2) is 4.98 Å². The molecule has 4 aromatic rings. The molecule has 0 radical (unpaired) electrons. The number of nitrogens with zero attached hydrogens (tertiary/aromatic N) is 2. The average Bonchev–Trinajstić information content (AvgIpc) is 2.75. The molecule has 0 bridgehead atoms. The lowest BCUT2D eigenvalue weighted by Gasteiger charge is -2.14. The van der Waals surface area contributed by atoms with Gasteiger partial charge in [-0.05, 0) is 74.0 Å². The third-order valence-electron chi connectivity index (χ3n) is 5.13. The van der Waals surface area contributed by atoms with Gasteiger partial charge in [-0.3, -0.25) is 14.2 Å². The average molecular weight is 437 g/mol. The second-order valence-electron chi connectivity index (χ2n) is 7.35. The molecular weight excluding hydrogens is 419 g/mol. The highest BCUT2D eigenvalue weighted by Gasteiger charge is 2.30. The number of rotatable bonds is 3. The largest absolute Gasteiger partial charge is 0.416 e. The standard InChI is InChI=1S/C24H18F3N3O2/c1-14-13-18(30-15(2)28-21-6-4-3-5-19(21)23(30)32)11-12-20(14)29-22(31)16-7-9-17(10-8-16)24(25,26)27/h3-13H,1-2H3,(H,29,31). The van der Waals surface area contributed by atoms with Gasteiger partial charge in [0.25, 0.3) is 11.5 Å². The van der Waals surface area contributed by atoms with Gasteiger partial charge in [0.05, 0.1) is 22.2 Å². The van der Waals surface area contributed by atoms with E-state index >= 15 is 0 Å². The molecule has 0 atom stereocenters.